The van der Waals surface area contributed by atoms with Crippen LogP contribution in [0.1, 0.15) is 35.5 Å². The first kappa shape index (κ1) is 24.9. The fourth-order valence-corrected chi connectivity index (χ4v) is 4.70. The Kier molecular flexibility index (Phi) is 8.24. The van der Waals surface area contributed by atoms with Crippen molar-refractivity contribution in [3.05, 3.63) is 65.4 Å². The molecule has 33 heavy (non-hydrogen) atoms. The van der Waals surface area contributed by atoms with Crippen molar-refractivity contribution in [2.75, 3.05) is 31.1 Å². The summed E-state index contributed by atoms with van der Waals surface area (Å²) in [7, 11) is 0. The minimum absolute atomic E-state index is 0. The molecular weight excluding hydrogens is 456 g/mol. The van der Waals surface area contributed by atoms with Crippen LogP contribution in [0.15, 0.2) is 53.1 Å². The molecule has 0 aliphatic carbocycles. The van der Waals surface area contributed by atoms with E-state index in [1.165, 1.54) is 16.9 Å². The first-order valence-electron chi connectivity index (χ1n) is 10.9. The number of carbonyl (C=O) groups is 1. The molecule has 0 radical (unpaired) electrons. The van der Waals surface area contributed by atoms with Gasteiger partial charge in [-0.25, -0.2) is 4.98 Å². The number of thiazole rings is 1. The van der Waals surface area contributed by atoms with Crippen LogP contribution in [0.2, 0.25) is 0 Å². The van der Waals surface area contributed by atoms with Crippen LogP contribution in [0.4, 0.5) is 5.13 Å². The Morgan fingerprint density at radius 3 is 2.45 bits per heavy atom. The second-order valence-electron chi connectivity index (χ2n) is 7.78. The second kappa shape index (κ2) is 10.9. The number of aryl methyl sites for hydroxylation is 2. The molecule has 174 valence electrons. The van der Waals surface area contributed by atoms with Crippen molar-refractivity contribution in [1.82, 2.24) is 15.0 Å². The summed E-state index contributed by atoms with van der Waals surface area (Å²) in [5.74, 6) is 0.380. The first-order valence-corrected chi connectivity index (χ1v) is 11.8. The SMILES string of the molecule is CCN(CC)CCN(C(=O)c1cc(-c2ccccc2)on1)c1nc2c(C)c(C)ccc2s1.Cl. The minimum atomic E-state index is -0.198. The molecule has 1 amide bonds. The number of fused-ring (bicyclic) bond motifs is 1. The number of nitrogens with zero attached hydrogens (tertiary/aromatic N) is 4. The van der Waals surface area contributed by atoms with Crippen LogP contribution in [0.5, 0.6) is 0 Å². The number of hydrogen-bond donors (Lipinski definition) is 0. The fraction of sp³-hybridized carbons (Fsp3) is 0.320. The largest absolute Gasteiger partial charge is 0.355 e. The summed E-state index contributed by atoms with van der Waals surface area (Å²) >= 11 is 1.54. The maximum absolute atomic E-state index is 13.6. The zero-order valence-corrected chi connectivity index (χ0v) is 21.0. The van der Waals surface area contributed by atoms with E-state index in [0.29, 0.717) is 17.4 Å². The van der Waals surface area contributed by atoms with E-state index in [2.05, 4.69) is 49.9 Å². The van der Waals surface area contributed by atoms with Gasteiger partial charge in [0.1, 0.15) is 0 Å². The Bertz CT molecular complexity index is 1220. The molecule has 2 heterocycles. The molecule has 0 atom stereocenters. The number of aromatic nitrogens is 2. The molecule has 0 bridgehead atoms. The van der Waals surface area contributed by atoms with Gasteiger partial charge in [0.05, 0.1) is 10.2 Å². The van der Waals surface area contributed by atoms with E-state index in [1.54, 1.807) is 11.0 Å². The Balaban J connectivity index is 0.00000306. The van der Waals surface area contributed by atoms with Gasteiger partial charge in [-0.05, 0) is 44.1 Å². The van der Waals surface area contributed by atoms with Crippen LogP contribution < -0.4 is 4.90 Å². The van der Waals surface area contributed by atoms with Gasteiger partial charge >= 0.3 is 0 Å². The number of rotatable bonds is 8. The third-order valence-electron chi connectivity index (χ3n) is 5.87. The van der Waals surface area contributed by atoms with Gasteiger partial charge in [-0.15, -0.1) is 12.4 Å². The van der Waals surface area contributed by atoms with Gasteiger partial charge in [0.15, 0.2) is 16.6 Å². The predicted octanol–water partition coefficient (Wildman–Crippen LogP) is 5.98. The van der Waals surface area contributed by atoms with Crippen molar-refractivity contribution in [3.8, 4) is 11.3 Å². The van der Waals surface area contributed by atoms with Crippen LogP contribution in [-0.2, 0) is 0 Å². The number of carbonyl (C=O) groups excluding carboxylic acids is 1. The molecule has 8 heteroatoms. The molecule has 6 nitrogen and oxygen atoms in total. The van der Waals surface area contributed by atoms with Crippen LogP contribution in [0.25, 0.3) is 21.5 Å². The maximum atomic E-state index is 13.6. The summed E-state index contributed by atoms with van der Waals surface area (Å²) < 4.78 is 6.57. The summed E-state index contributed by atoms with van der Waals surface area (Å²) in [6, 6.07) is 15.6. The molecule has 0 spiro atoms. The fourth-order valence-electron chi connectivity index (χ4n) is 3.65. The lowest BCUT2D eigenvalue weighted by Crippen LogP contribution is -2.39. The number of halogens is 1. The Hall–Kier alpha value is -2.74. The van der Waals surface area contributed by atoms with E-state index >= 15 is 0 Å². The van der Waals surface area contributed by atoms with Crippen molar-refractivity contribution >= 4 is 45.0 Å². The molecule has 2 aromatic heterocycles. The number of likely N-dealkylation sites (N-methyl/N-ethyl adjacent to an activating group) is 1. The van der Waals surface area contributed by atoms with Gasteiger partial charge in [0, 0.05) is 24.7 Å². The van der Waals surface area contributed by atoms with Gasteiger partial charge in [-0.1, -0.05) is 66.7 Å². The summed E-state index contributed by atoms with van der Waals surface area (Å²) in [6.07, 6.45) is 0. The van der Waals surface area contributed by atoms with Crippen molar-refractivity contribution in [3.63, 3.8) is 0 Å². The van der Waals surface area contributed by atoms with E-state index < -0.39 is 0 Å². The monoisotopic (exact) mass is 484 g/mol. The Morgan fingerprint density at radius 2 is 1.76 bits per heavy atom. The molecule has 4 rings (SSSR count). The zero-order chi connectivity index (χ0) is 22.7. The van der Waals surface area contributed by atoms with E-state index in [1.807, 2.05) is 30.3 Å². The molecule has 0 aliphatic rings. The quantitative estimate of drug-likeness (QED) is 0.308. The standard InChI is InChI=1S/C25H28N4O2S.ClH/c1-5-28(6-2)14-15-29(25-26-23-18(4)17(3)12-13-22(23)32-25)24(30)20-16-21(31-27-20)19-10-8-7-9-11-19;/h7-13,16H,5-6,14-15H2,1-4H3;1H. The molecule has 2 aromatic carbocycles. The summed E-state index contributed by atoms with van der Waals surface area (Å²) in [5, 5.41) is 4.78. The van der Waals surface area contributed by atoms with E-state index in [4.69, 9.17) is 9.51 Å². The van der Waals surface area contributed by atoms with Gasteiger partial charge in [0.25, 0.3) is 5.91 Å². The minimum Gasteiger partial charge on any atom is -0.355 e. The molecule has 0 saturated heterocycles. The summed E-state index contributed by atoms with van der Waals surface area (Å²) in [5.41, 5.74) is 4.47. The highest BCUT2D eigenvalue weighted by atomic mass is 35.5. The van der Waals surface area contributed by atoms with Crippen molar-refractivity contribution in [1.29, 1.82) is 0 Å². The molecule has 0 aliphatic heterocycles. The van der Waals surface area contributed by atoms with Gasteiger partial charge in [-0.3, -0.25) is 9.69 Å². The number of benzene rings is 2. The van der Waals surface area contributed by atoms with Gasteiger partial charge in [0.2, 0.25) is 0 Å². The first-order chi connectivity index (χ1) is 15.5. The van der Waals surface area contributed by atoms with Crippen LogP contribution in [0.3, 0.4) is 0 Å². The van der Waals surface area contributed by atoms with E-state index in [9.17, 15) is 4.79 Å². The highest BCUT2D eigenvalue weighted by Gasteiger charge is 2.25. The normalized spacial score (nSPS) is 11.1. The lowest BCUT2D eigenvalue weighted by Gasteiger charge is -2.24. The number of amides is 1. The maximum Gasteiger partial charge on any atom is 0.282 e. The highest BCUT2D eigenvalue weighted by Crippen LogP contribution is 2.33. The molecule has 0 saturated carbocycles. The smallest absolute Gasteiger partial charge is 0.282 e. The third-order valence-corrected chi connectivity index (χ3v) is 6.91. The summed E-state index contributed by atoms with van der Waals surface area (Å²) in [4.78, 5) is 22.5. The lowest BCUT2D eigenvalue weighted by molar-refractivity contribution is 0.0975. The molecule has 0 unspecified atom stereocenters. The number of hydrogen-bond acceptors (Lipinski definition) is 6. The molecular formula is C25H29ClN4O2S. The molecule has 0 fully saturated rings. The van der Waals surface area contributed by atoms with Gasteiger partial charge < -0.3 is 9.42 Å². The summed E-state index contributed by atoms with van der Waals surface area (Å²) in [6.45, 7) is 11.6. The molecule has 0 N–H and O–H groups in total. The topological polar surface area (TPSA) is 62.5 Å². The predicted molar refractivity (Wildman–Crippen MR) is 138 cm³/mol. The van der Waals surface area contributed by atoms with Crippen LogP contribution >= 0.6 is 23.7 Å². The lowest BCUT2D eigenvalue weighted by atomic mass is 10.1. The average molecular weight is 485 g/mol. The van der Waals surface area contributed by atoms with Crippen LogP contribution in [-0.4, -0.2) is 47.1 Å². The zero-order valence-electron chi connectivity index (χ0n) is 19.4. The second-order valence-corrected chi connectivity index (χ2v) is 8.79. The van der Waals surface area contributed by atoms with Crippen LogP contribution in [0, 0.1) is 13.8 Å². The van der Waals surface area contributed by atoms with Crippen molar-refractivity contribution in [2.45, 2.75) is 27.7 Å². The number of anilines is 1. The third kappa shape index (κ3) is 5.27. The van der Waals surface area contributed by atoms with Crippen molar-refractivity contribution < 1.29 is 9.32 Å². The van der Waals surface area contributed by atoms with Gasteiger partial charge in [-0.2, -0.15) is 0 Å². The molecule has 4 aromatic rings. The Morgan fingerprint density at radius 1 is 1.03 bits per heavy atom. The highest BCUT2D eigenvalue weighted by molar-refractivity contribution is 7.22. The van der Waals surface area contributed by atoms with E-state index in [-0.39, 0.29) is 24.0 Å². The van der Waals surface area contributed by atoms with Crippen molar-refractivity contribution in [2.24, 2.45) is 0 Å². The average Bonchev–Trinajstić information content (AvgIpc) is 3.48. The van der Waals surface area contributed by atoms with E-state index in [0.717, 1.165) is 41.0 Å². The Labute approximate surface area is 204 Å².